The van der Waals surface area contributed by atoms with Crippen LogP contribution in [0.25, 0.3) is 11.1 Å². The Bertz CT molecular complexity index is 760. The first-order chi connectivity index (χ1) is 12.8. The first kappa shape index (κ1) is 16.8. The summed E-state index contributed by atoms with van der Waals surface area (Å²) in [7, 11) is 0. The van der Waals surface area contributed by atoms with E-state index in [0.717, 1.165) is 22.9 Å². The first-order valence-corrected chi connectivity index (χ1v) is 10.7. The third-order valence-corrected chi connectivity index (χ3v) is 7.51. The molecule has 1 heterocycles. The number of rotatable bonds is 3. The van der Waals surface area contributed by atoms with Crippen LogP contribution in [-0.4, -0.2) is 24.0 Å². The van der Waals surface area contributed by atoms with Crippen LogP contribution in [0.1, 0.15) is 50.0 Å². The van der Waals surface area contributed by atoms with Crippen molar-refractivity contribution in [3.63, 3.8) is 0 Å². The number of fused-ring (bicyclic) bond motifs is 2. The highest BCUT2D eigenvalue weighted by molar-refractivity contribution is 6.30. The second kappa shape index (κ2) is 7.02. The maximum atomic E-state index is 6.09. The van der Waals surface area contributed by atoms with Gasteiger partial charge in [-0.25, -0.2) is 0 Å². The average molecular weight is 366 g/mol. The van der Waals surface area contributed by atoms with Crippen LogP contribution < -0.4 is 0 Å². The van der Waals surface area contributed by atoms with Crippen LogP contribution in [0.3, 0.4) is 0 Å². The maximum absolute atomic E-state index is 6.09. The van der Waals surface area contributed by atoms with Gasteiger partial charge in [0, 0.05) is 11.1 Å². The average Bonchev–Trinajstić information content (AvgIpc) is 3.32. The fraction of sp³-hybridized carbons (Fsp3) is 0.500. The molecule has 1 nitrogen and oxygen atoms in total. The first-order valence-electron chi connectivity index (χ1n) is 10.4. The zero-order valence-corrected chi connectivity index (χ0v) is 16.2. The summed E-state index contributed by atoms with van der Waals surface area (Å²) in [6.45, 7) is 2.57. The van der Waals surface area contributed by atoms with Crippen molar-refractivity contribution in [2.24, 2.45) is 11.8 Å². The highest BCUT2D eigenvalue weighted by atomic mass is 35.5. The summed E-state index contributed by atoms with van der Waals surface area (Å²) in [6, 6.07) is 18.2. The second-order valence-electron chi connectivity index (χ2n) is 8.65. The third kappa shape index (κ3) is 3.10. The summed E-state index contributed by atoms with van der Waals surface area (Å²) in [6.07, 6.45) is 8.61. The summed E-state index contributed by atoms with van der Waals surface area (Å²) in [5, 5.41) is 0.811. The van der Waals surface area contributed by atoms with Gasteiger partial charge in [-0.1, -0.05) is 54.4 Å². The molecule has 2 aliphatic carbocycles. The Morgan fingerprint density at radius 3 is 2.27 bits per heavy atom. The van der Waals surface area contributed by atoms with Crippen molar-refractivity contribution in [1.29, 1.82) is 0 Å². The van der Waals surface area contributed by atoms with Gasteiger partial charge in [0.25, 0.3) is 0 Å². The van der Waals surface area contributed by atoms with Gasteiger partial charge in [0.2, 0.25) is 0 Å². The summed E-state index contributed by atoms with van der Waals surface area (Å²) in [5.74, 6) is 2.75. The number of hydrogen-bond acceptors (Lipinski definition) is 1. The summed E-state index contributed by atoms with van der Waals surface area (Å²) in [4.78, 5) is 2.84. The predicted octanol–water partition coefficient (Wildman–Crippen LogP) is 6.38. The zero-order chi connectivity index (χ0) is 17.5. The van der Waals surface area contributed by atoms with Gasteiger partial charge in [-0.15, -0.1) is 0 Å². The van der Waals surface area contributed by atoms with E-state index in [9.17, 15) is 0 Å². The molecule has 0 amide bonds. The Morgan fingerprint density at radius 1 is 0.808 bits per heavy atom. The molecule has 26 heavy (non-hydrogen) atoms. The predicted molar refractivity (Wildman–Crippen MR) is 110 cm³/mol. The molecule has 1 saturated heterocycles. The van der Waals surface area contributed by atoms with Crippen molar-refractivity contribution in [2.45, 2.75) is 50.5 Å². The Balaban J connectivity index is 1.32. The molecular weight excluding hydrogens is 338 g/mol. The van der Waals surface area contributed by atoms with E-state index < -0.39 is 0 Å². The van der Waals surface area contributed by atoms with Crippen molar-refractivity contribution in [3.8, 4) is 11.1 Å². The SMILES string of the molecule is Clc1ccc(-c2ccccc2C2CCN([C@H]3C[C@H]4CC[C@H]3C4)CC2)cc1. The zero-order valence-electron chi connectivity index (χ0n) is 15.4. The molecule has 1 aliphatic heterocycles. The van der Waals surface area contributed by atoms with Crippen molar-refractivity contribution < 1.29 is 0 Å². The standard InChI is InChI=1S/C24H28ClN/c25-21-9-7-18(8-10-21)22-3-1-2-4-23(22)19-11-13-26(14-12-19)24-16-17-5-6-20(24)15-17/h1-4,7-10,17,19-20,24H,5-6,11-16H2/t17-,20-,24-/m0/s1. The molecule has 3 atom stereocenters. The van der Waals surface area contributed by atoms with Gasteiger partial charge >= 0.3 is 0 Å². The number of likely N-dealkylation sites (tertiary alicyclic amines) is 1. The second-order valence-corrected chi connectivity index (χ2v) is 9.08. The lowest BCUT2D eigenvalue weighted by Gasteiger charge is -2.40. The van der Waals surface area contributed by atoms with E-state index in [1.165, 1.54) is 68.3 Å². The van der Waals surface area contributed by atoms with E-state index in [4.69, 9.17) is 11.6 Å². The Labute approximate surface area is 162 Å². The van der Waals surface area contributed by atoms with Crippen molar-refractivity contribution in [2.75, 3.05) is 13.1 Å². The number of nitrogens with zero attached hydrogens (tertiary/aromatic N) is 1. The molecule has 2 saturated carbocycles. The summed E-state index contributed by atoms with van der Waals surface area (Å²) < 4.78 is 0. The van der Waals surface area contributed by atoms with E-state index in [0.29, 0.717) is 5.92 Å². The Kier molecular flexibility index (Phi) is 4.54. The molecule has 2 aromatic carbocycles. The third-order valence-electron chi connectivity index (χ3n) is 7.26. The van der Waals surface area contributed by atoms with Gasteiger partial charge in [-0.3, -0.25) is 0 Å². The number of halogens is 1. The van der Waals surface area contributed by atoms with Gasteiger partial charge in [-0.05, 0) is 91.8 Å². The van der Waals surface area contributed by atoms with E-state index in [1.54, 1.807) is 0 Å². The minimum atomic E-state index is 0.691. The molecule has 136 valence electrons. The lowest BCUT2D eigenvalue weighted by molar-refractivity contribution is 0.111. The highest BCUT2D eigenvalue weighted by Gasteiger charge is 2.42. The van der Waals surface area contributed by atoms with Crippen molar-refractivity contribution in [3.05, 3.63) is 59.1 Å². The largest absolute Gasteiger partial charge is 0.300 e. The molecule has 3 fully saturated rings. The molecule has 5 rings (SSSR count). The van der Waals surface area contributed by atoms with Crippen LogP contribution in [0, 0.1) is 11.8 Å². The molecule has 2 bridgehead atoms. The van der Waals surface area contributed by atoms with E-state index in [1.807, 2.05) is 12.1 Å². The van der Waals surface area contributed by atoms with Crippen molar-refractivity contribution in [1.82, 2.24) is 4.90 Å². The summed E-state index contributed by atoms with van der Waals surface area (Å²) >= 11 is 6.09. The Morgan fingerprint density at radius 2 is 1.58 bits per heavy atom. The van der Waals surface area contributed by atoms with Crippen LogP contribution in [0.2, 0.25) is 5.02 Å². The number of piperidine rings is 1. The molecular formula is C24H28ClN. The lowest BCUT2D eigenvalue weighted by atomic mass is 9.83. The van der Waals surface area contributed by atoms with Crippen LogP contribution in [-0.2, 0) is 0 Å². The lowest BCUT2D eigenvalue weighted by Crippen LogP contribution is -2.43. The van der Waals surface area contributed by atoms with Crippen molar-refractivity contribution >= 4 is 11.6 Å². The normalized spacial score (nSPS) is 29.3. The maximum Gasteiger partial charge on any atom is 0.0406 e. The van der Waals surface area contributed by atoms with E-state index in [-0.39, 0.29) is 0 Å². The molecule has 0 radical (unpaired) electrons. The van der Waals surface area contributed by atoms with Crippen LogP contribution in [0.15, 0.2) is 48.5 Å². The van der Waals surface area contributed by atoms with Gasteiger partial charge in [0.15, 0.2) is 0 Å². The van der Waals surface area contributed by atoms with Gasteiger partial charge in [0.1, 0.15) is 0 Å². The molecule has 0 aromatic heterocycles. The van der Waals surface area contributed by atoms with Gasteiger partial charge < -0.3 is 4.90 Å². The molecule has 2 aromatic rings. The quantitative estimate of drug-likeness (QED) is 0.610. The van der Waals surface area contributed by atoms with Crippen LogP contribution >= 0.6 is 11.6 Å². The van der Waals surface area contributed by atoms with Crippen LogP contribution in [0.4, 0.5) is 0 Å². The molecule has 3 aliphatic rings. The van der Waals surface area contributed by atoms with Gasteiger partial charge in [0.05, 0.1) is 0 Å². The number of hydrogen-bond donors (Lipinski definition) is 0. The Hall–Kier alpha value is -1.31. The topological polar surface area (TPSA) is 3.24 Å². The minimum Gasteiger partial charge on any atom is -0.300 e. The summed E-state index contributed by atoms with van der Waals surface area (Å²) in [5.41, 5.74) is 4.21. The monoisotopic (exact) mass is 365 g/mol. The van der Waals surface area contributed by atoms with E-state index >= 15 is 0 Å². The fourth-order valence-corrected chi connectivity index (χ4v) is 6.07. The molecule has 0 unspecified atom stereocenters. The fourth-order valence-electron chi connectivity index (χ4n) is 5.95. The molecule has 0 spiro atoms. The molecule has 2 heteroatoms. The molecule has 0 N–H and O–H groups in total. The minimum absolute atomic E-state index is 0.691. The van der Waals surface area contributed by atoms with E-state index in [2.05, 4.69) is 41.3 Å². The smallest absolute Gasteiger partial charge is 0.0406 e. The highest BCUT2D eigenvalue weighted by Crippen LogP contribution is 2.48. The van der Waals surface area contributed by atoms with Gasteiger partial charge in [-0.2, -0.15) is 0 Å². The number of benzene rings is 2. The van der Waals surface area contributed by atoms with Crippen LogP contribution in [0.5, 0.6) is 0 Å².